The van der Waals surface area contributed by atoms with Crippen molar-refractivity contribution >= 4 is 6.29 Å². The maximum absolute atomic E-state index is 11.1. The zero-order valence-corrected chi connectivity index (χ0v) is 11.1. The molecule has 0 atom stereocenters. The second-order valence-corrected chi connectivity index (χ2v) is 6.14. The smallest absolute Gasteiger partial charge is 0.153 e. The van der Waals surface area contributed by atoms with Crippen LogP contribution in [0.1, 0.15) is 80.7 Å². The van der Waals surface area contributed by atoms with E-state index in [2.05, 4.69) is 20.8 Å². The number of rotatable bonds is 2. The lowest BCUT2D eigenvalue weighted by Gasteiger charge is -2.20. The van der Waals surface area contributed by atoms with Crippen molar-refractivity contribution in [1.82, 2.24) is 0 Å². The first-order valence-corrected chi connectivity index (χ1v) is 6.62. The SMILES string of the molecule is CC(C)(C)c1oc(C2CCCCC2)cc1C=O. The maximum atomic E-state index is 11.1. The van der Waals surface area contributed by atoms with Crippen LogP contribution in [-0.4, -0.2) is 6.29 Å². The molecular weight excluding hydrogens is 212 g/mol. The molecule has 1 aliphatic carbocycles. The molecule has 1 aromatic rings. The molecule has 2 nitrogen and oxygen atoms in total. The molecular formula is C15H22O2. The zero-order chi connectivity index (χ0) is 12.5. The third-order valence-electron chi connectivity index (χ3n) is 3.60. The monoisotopic (exact) mass is 234 g/mol. The molecule has 0 aromatic carbocycles. The molecule has 0 amide bonds. The van der Waals surface area contributed by atoms with Gasteiger partial charge in [-0.3, -0.25) is 4.79 Å². The molecule has 0 N–H and O–H groups in total. The summed E-state index contributed by atoms with van der Waals surface area (Å²) >= 11 is 0. The van der Waals surface area contributed by atoms with Gasteiger partial charge in [0, 0.05) is 11.3 Å². The fourth-order valence-electron chi connectivity index (χ4n) is 2.69. The summed E-state index contributed by atoms with van der Waals surface area (Å²) in [6.45, 7) is 6.26. The molecule has 0 radical (unpaired) electrons. The van der Waals surface area contributed by atoms with Crippen molar-refractivity contribution in [3.05, 3.63) is 23.2 Å². The number of furan rings is 1. The number of aldehydes is 1. The molecule has 0 bridgehead atoms. The number of carbonyl (C=O) groups excluding carboxylic acids is 1. The van der Waals surface area contributed by atoms with Gasteiger partial charge in [-0.2, -0.15) is 0 Å². The van der Waals surface area contributed by atoms with Crippen molar-refractivity contribution in [3.63, 3.8) is 0 Å². The van der Waals surface area contributed by atoms with Crippen molar-refractivity contribution in [2.75, 3.05) is 0 Å². The molecule has 0 unspecified atom stereocenters. The number of carbonyl (C=O) groups is 1. The van der Waals surface area contributed by atoms with Gasteiger partial charge in [0.15, 0.2) is 6.29 Å². The van der Waals surface area contributed by atoms with Gasteiger partial charge in [0.1, 0.15) is 11.5 Å². The van der Waals surface area contributed by atoms with E-state index in [1.165, 1.54) is 32.1 Å². The molecule has 1 saturated carbocycles. The fraction of sp³-hybridized carbons (Fsp3) is 0.667. The van der Waals surface area contributed by atoms with Crippen LogP contribution in [0.25, 0.3) is 0 Å². The van der Waals surface area contributed by atoms with E-state index < -0.39 is 0 Å². The second-order valence-electron chi connectivity index (χ2n) is 6.14. The highest BCUT2D eigenvalue weighted by atomic mass is 16.3. The molecule has 0 saturated heterocycles. The van der Waals surface area contributed by atoms with Gasteiger partial charge >= 0.3 is 0 Å². The van der Waals surface area contributed by atoms with Crippen LogP contribution in [0.5, 0.6) is 0 Å². The van der Waals surface area contributed by atoms with E-state index in [0.717, 1.165) is 23.4 Å². The molecule has 1 aliphatic rings. The van der Waals surface area contributed by atoms with E-state index in [4.69, 9.17) is 4.42 Å². The van der Waals surface area contributed by atoms with Crippen LogP contribution in [0.2, 0.25) is 0 Å². The van der Waals surface area contributed by atoms with E-state index in [1.54, 1.807) is 0 Å². The van der Waals surface area contributed by atoms with Gasteiger partial charge in [0.2, 0.25) is 0 Å². The van der Waals surface area contributed by atoms with Crippen LogP contribution in [0.4, 0.5) is 0 Å². The summed E-state index contributed by atoms with van der Waals surface area (Å²) in [5, 5.41) is 0. The Morgan fingerprint density at radius 2 is 1.88 bits per heavy atom. The van der Waals surface area contributed by atoms with Crippen molar-refractivity contribution in [3.8, 4) is 0 Å². The maximum Gasteiger partial charge on any atom is 0.153 e. The molecule has 1 aromatic heterocycles. The first-order chi connectivity index (χ1) is 8.02. The summed E-state index contributed by atoms with van der Waals surface area (Å²) in [6, 6.07) is 1.96. The van der Waals surface area contributed by atoms with Crippen LogP contribution < -0.4 is 0 Å². The lowest BCUT2D eigenvalue weighted by atomic mass is 9.87. The second kappa shape index (κ2) is 4.67. The Kier molecular flexibility index (Phi) is 3.41. The Hall–Kier alpha value is -1.05. The van der Waals surface area contributed by atoms with E-state index >= 15 is 0 Å². The Morgan fingerprint density at radius 3 is 2.35 bits per heavy atom. The molecule has 1 fully saturated rings. The lowest BCUT2D eigenvalue weighted by molar-refractivity contribution is 0.111. The van der Waals surface area contributed by atoms with E-state index in [0.29, 0.717) is 5.92 Å². The molecule has 1 heterocycles. The van der Waals surface area contributed by atoms with Crippen LogP contribution in [0.3, 0.4) is 0 Å². The minimum atomic E-state index is -0.0941. The van der Waals surface area contributed by atoms with Crippen LogP contribution in [-0.2, 0) is 5.41 Å². The van der Waals surface area contributed by atoms with Crippen LogP contribution in [0, 0.1) is 0 Å². The minimum absolute atomic E-state index is 0.0941. The standard InChI is InChI=1S/C15H22O2/c1-15(2,3)14-12(10-16)9-13(17-14)11-7-5-4-6-8-11/h9-11H,4-8H2,1-3H3. The highest BCUT2D eigenvalue weighted by molar-refractivity contribution is 5.77. The van der Waals surface area contributed by atoms with Gasteiger partial charge in [0.25, 0.3) is 0 Å². The van der Waals surface area contributed by atoms with Crippen molar-refractivity contribution in [2.45, 2.75) is 64.2 Å². The third-order valence-corrected chi connectivity index (χ3v) is 3.60. The van der Waals surface area contributed by atoms with Crippen molar-refractivity contribution < 1.29 is 9.21 Å². The quantitative estimate of drug-likeness (QED) is 0.708. The Bertz CT molecular complexity index is 390. The highest BCUT2D eigenvalue weighted by Crippen LogP contribution is 2.37. The lowest BCUT2D eigenvalue weighted by Crippen LogP contribution is -2.12. The van der Waals surface area contributed by atoms with Crippen molar-refractivity contribution in [1.29, 1.82) is 0 Å². The minimum Gasteiger partial charge on any atom is -0.464 e. The van der Waals surface area contributed by atoms with Gasteiger partial charge < -0.3 is 4.42 Å². The predicted octanol–water partition coefficient (Wildman–Crippen LogP) is 4.44. The van der Waals surface area contributed by atoms with Crippen LogP contribution >= 0.6 is 0 Å². The average Bonchev–Trinajstić information content (AvgIpc) is 2.74. The summed E-state index contributed by atoms with van der Waals surface area (Å²) in [7, 11) is 0. The van der Waals surface area contributed by atoms with Gasteiger partial charge in [-0.1, -0.05) is 40.0 Å². The first kappa shape index (κ1) is 12.4. The first-order valence-electron chi connectivity index (χ1n) is 6.62. The third kappa shape index (κ3) is 2.62. The van der Waals surface area contributed by atoms with E-state index in [-0.39, 0.29) is 5.41 Å². The highest BCUT2D eigenvalue weighted by Gasteiger charge is 2.26. The summed E-state index contributed by atoms with van der Waals surface area (Å²) in [4.78, 5) is 11.1. The summed E-state index contributed by atoms with van der Waals surface area (Å²) in [6.07, 6.45) is 7.24. The fourth-order valence-corrected chi connectivity index (χ4v) is 2.69. The molecule has 17 heavy (non-hydrogen) atoms. The molecule has 0 aliphatic heterocycles. The van der Waals surface area contributed by atoms with E-state index in [9.17, 15) is 4.79 Å². The Labute approximate surface area is 103 Å². The molecule has 2 rings (SSSR count). The van der Waals surface area contributed by atoms with Gasteiger partial charge in [-0.15, -0.1) is 0 Å². The summed E-state index contributed by atoms with van der Waals surface area (Å²) < 4.78 is 5.98. The van der Waals surface area contributed by atoms with Gasteiger partial charge in [-0.25, -0.2) is 0 Å². The largest absolute Gasteiger partial charge is 0.464 e. The molecule has 94 valence electrons. The molecule has 0 spiro atoms. The number of hydrogen-bond donors (Lipinski definition) is 0. The van der Waals surface area contributed by atoms with Gasteiger partial charge in [0.05, 0.1) is 5.56 Å². The van der Waals surface area contributed by atoms with Crippen molar-refractivity contribution in [2.24, 2.45) is 0 Å². The predicted molar refractivity (Wildman–Crippen MR) is 68.6 cm³/mol. The average molecular weight is 234 g/mol. The molecule has 2 heteroatoms. The Balaban J connectivity index is 2.30. The van der Waals surface area contributed by atoms with E-state index in [1.807, 2.05) is 6.07 Å². The zero-order valence-electron chi connectivity index (χ0n) is 11.1. The summed E-state index contributed by atoms with van der Waals surface area (Å²) in [5.74, 6) is 2.39. The summed E-state index contributed by atoms with van der Waals surface area (Å²) in [5.41, 5.74) is 0.640. The van der Waals surface area contributed by atoms with Crippen LogP contribution in [0.15, 0.2) is 10.5 Å². The topological polar surface area (TPSA) is 30.2 Å². The number of hydrogen-bond acceptors (Lipinski definition) is 2. The normalized spacial score (nSPS) is 18.3. The Morgan fingerprint density at radius 1 is 1.24 bits per heavy atom. The van der Waals surface area contributed by atoms with Gasteiger partial charge in [-0.05, 0) is 18.9 Å².